The van der Waals surface area contributed by atoms with Gasteiger partial charge < -0.3 is 15.5 Å². The molecule has 4 heterocycles. The number of aryl methyl sites for hydroxylation is 1. The van der Waals surface area contributed by atoms with Crippen LogP contribution in [0.25, 0.3) is 5.65 Å². The van der Waals surface area contributed by atoms with E-state index >= 15 is 0 Å². The number of carbonyl (C=O) groups excluding carboxylic acids is 1. The smallest absolute Gasteiger partial charge is 0.291 e. The molecular formula is C25H30N6O. The van der Waals surface area contributed by atoms with Gasteiger partial charge >= 0.3 is 0 Å². The topological polar surface area (TPSA) is 74.6 Å². The SMILES string of the molecule is Cc1cc(N2CC[C@](C)(c3ccccc3)C2)cn2nc(C(=O)NC3CC4(CNC4)C3)nc12. The van der Waals surface area contributed by atoms with E-state index in [1.165, 1.54) is 5.56 Å². The van der Waals surface area contributed by atoms with Crippen molar-refractivity contribution in [1.82, 2.24) is 25.2 Å². The number of benzene rings is 1. The predicted molar refractivity (Wildman–Crippen MR) is 124 cm³/mol. The van der Waals surface area contributed by atoms with Crippen molar-refractivity contribution in [2.45, 2.75) is 44.6 Å². The third kappa shape index (κ3) is 3.18. The van der Waals surface area contributed by atoms with Crippen molar-refractivity contribution in [2.75, 3.05) is 31.1 Å². The second-order valence-electron chi connectivity index (χ2n) is 10.4. The van der Waals surface area contributed by atoms with Gasteiger partial charge in [0.15, 0.2) is 5.65 Å². The van der Waals surface area contributed by atoms with Gasteiger partial charge in [-0.2, -0.15) is 0 Å². The quantitative estimate of drug-likeness (QED) is 0.666. The number of aromatic nitrogens is 3. The van der Waals surface area contributed by atoms with Gasteiger partial charge in [0.1, 0.15) is 0 Å². The number of amides is 1. The Balaban J connectivity index is 1.20. The monoisotopic (exact) mass is 430 g/mol. The van der Waals surface area contributed by atoms with Gasteiger partial charge in [-0.1, -0.05) is 37.3 Å². The lowest BCUT2D eigenvalue weighted by atomic mass is 9.61. The van der Waals surface area contributed by atoms with Gasteiger partial charge in [0.05, 0.1) is 11.9 Å². The number of hydrogen-bond acceptors (Lipinski definition) is 5. The van der Waals surface area contributed by atoms with E-state index in [0.717, 1.165) is 62.3 Å². The van der Waals surface area contributed by atoms with Gasteiger partial charge in [-0.15, -0.1) is 5.10 Å². The zero-order valence-corrected chi connectivity index (χ0v) is 18.8. The Hall–Kier alpha value is -2.93. The Labute approximate surface area is 188 Å². The van der Waals surface area contributed by atoms with Gasteiger partial charge in [0.2, 0.25) is 5.82 Å². The third-order valence-electron chi connectivity index (χ3n) is 7.81. The van der Waals surface area contributed by atoms with Crippen LogP contribution in [0.4, 0.5) is 5.69 Å². The first-order valence-electron chi connectivity index (χ1n) is 11.6. The summed E-state index contributed by atoms with van der Waals surface area (Å²) in [6.45, 7) is 8.50. The first-order chi connectivity index (χ1) is 15.4. The summed E-state index contributed by atoms with van der Waals surface area (Å²) in [5, 5.41) is 11.0. The maximum atomic E-state index is 12.8. The van der Waals surface area contributed by atoms with E-state index < -0.39 is 0 Å². The van der Waals surface area contributed by atoms with Gasteiger partial charge in [-0.3, -0.25) is 4.79 Å². The van der Waals surface area contributed by atoms with Crippen LogP contribution in [0.5, 0.6) is 0 Å². The molecule has 3 aromatic rings. The van der Waals surface area contributed by atoms with Crippen LogP contribution in [0, 0.1) is 12.3 Å². The van der Waals surface area contributed by atoms with Gasteiger partial charge in [-0.25, -0.2) is 9.50 Å². The van der Waals surface area contributed by atoms with E-state index in [9.17, 15) is 4.79 Å². The van der Waals surface area contributed by atoms with Crippen LogP contribution >= 0.6 is 0 Å². The predicted octanol–water partition coefficient (Wildman–Crippen LogP) is 2.69. The largest absolute Gasteiger partial charge is 0.369 e. The van der Waals surface area contributed by atoms with E-state index in [0.29, 0.717) is 5.41 Å². The lowest BCUT2D eigenvalue weighted by molar-refractivity contribution is 0.0230. The summed E-state index contributed by atoms with van der Waals surface area (Å²) >= 11 is 0. The Morgan fingerprint density at radius 2 is 2.00 bits per heavy atom. The van der Waals surface area contributed by atoms with E-state index in [2.05, 4.69) is 68.9 Å². The summed E-state index contributed by atoms with van der Waals surface area (Å²) < 4.78 is 1.77. The fraction of sp³-hybridized carbons (Fsp3) is 0.480. The molecule has 3 aliphatic rings. The lowest BCUT2D eigenvalue weighted by Gasteiger charge is -2.54. The molecule has 0 unspecified atom stereocenters. The molecular weight excluding hydrogens is 400 g/mol. The Bertz CT molecular complexity index is 1180. The normalized spacial score (nSPS) is 24.5. The van der Waals surface area contributed by atoms with Crippen LogP contribution < -0.4 is 15.5 Å². The highest BCUT2D eigenvalue weighted by molar-refractivity contribution is 5.91. The molecule has 3 fully saturated rings. The molecule has 2 saturated heterocycles. The number of pyridine rings is 1. The fourth-order valence-corrected chi connectivity index (χ4v) is 5.76. The second-order valence-corrected chi connectivity index (χ2v) is 10.4. The molecule has 1 aliphatic carbocycles. The zero-order chi connectivity index (χ0) is 21.9. The number of rotatable bonds is 4. The minimum Gasteiger partial charge on any atom is -0.369 e. The third-order valence-corrected chi connectivity index (χ3v) is 7.81. The Kier molecular flexibility index (Phi) is 4.34. The van der Waals surface area contributed by atoms with E-state index in [4.69, 9.17) is 0 Å². The number of nitrogens with zero attached hydrogens (tertiary/aromatic N) is 4. The van der Waals surface area contributed by atoms with Gasteiger partial charge in [0.25, 0.3) is 5.91 Å². The highest BCUT2D eigenvalue weighted by Crippen LogP contribution is 2.44. The zero-order valence-electron chi connectivity index (χ0n) is 18.8. The molecule has 0 radical (unpaired) electrons. The van der Waals surface area contributed by atoms with Crippen molar-refractivity contribution in [1.29, 1.82) is 0 Å². The highest BCUT2D eigenvalue weighted by Gasteiger charge is 2.49. The van der Waals surface area contributed by atoms with Crippen molar-refractivity contribution in [2.24, 2.45) is 5.41 Å². The Morgan fingerprint density at radius 1 is 1.22 bits per heavy atom. The molecule has 32 heavy (non-hydrogen) atoms. The van der Waals surface area contributed by atoms with Crippen LogP contribution in [0.2, 0.25) is 0 Å². The second kappa shape index (κ2) is 7.04. The van der Waals surface area contributed by atoms with Crippen molar-refractivity contribution in [3.63, 3.8) is 0 Å². The molecule has 0 bridgehead atoms. The van der Waals surface area contributed by atoms with Crippen molar-refractivity contribution >= 4 is 17.2 Å². The maximum absolute atomic E-state index is 12.8. The summed E-state index contributed by atoms with van der Waals surface area (Å²) in [7, 11) is 0. The number of nitrogens with one attached hydrogen (secondary N) is 2. The van der Waals surface area contributed by atoms with Crippen molar-refractivity contribution in [3.8, 4) is 0 Å². The Morgan fingerprint density at radius 3 is 2.72 bits per heavy atom. The summed E-state index contributed by atoms with van der Waals surface area (Å²) in [5.41, 5.74) is 4.86. The van der Waals surface area contributed by atoms with E-state index in [1.807, 2.05) is 13.1 Å². The van der Waals surface area contributed by atoms with Gasteiger partial charge in [-0.05, 0) is 48.8 Å². The van der Waals surface area contributed by atoms with Crippen LogP contribution in [-0.4, -0.2) is 52.7 Å². The average Bonchev–Trinajstić information content (AvgIpc) is 3.35. The number of carbonyl (C=O) groups is 1. The first-order valence-corrected chi connectivity index (χ1v) is 11.6. The minimum atomic E-state index is -0.167. The molecule has 1 aromatic carbocycles. The summed E-state index contributed by atoms with van der Waals surface area (Å²) in [5.74, 6) is 0.0908. The van der Waals surface area contributed by atoms with Crippen LogP contribution in [0.3, 0.4) is 0 Å². The lowest BCUT2D eigenvalue weighted by Crippen LogP contribution is -2.65. The van der Waals surface area contributed by atoms with Crippen LogP contribution in [0.15, 0.2) is 42.6 Å². The van der Waals surface area contributed by atoms with Crippen LogP contribution in [-0.2, 0) is 5.41 Å². The first kappa shape index (κ1) is 19.7. The summed E-state index contributed by atoms with van der Waals surface area (Å²) in [4.78, 5) is 19.7. The van der Waals surface area contributed by atoms with E-state index in [-0.39, 0.29) is 23.2 Å². The number of hydrogen-bond donors (Lipinski definition) is 2. The average molecular weight is 431 g/mol. The molecule has 2 N–H and O–H groups in total. The number of anilines is 1. The molecule has 7 heteroatoms. The molecule has 1 atom stereocenters. The molecule has 1 saturated carbocycles. The maximum Gasteiger partial charge on any atom is 0.291 e. The van der Waals surface area contributed by atoms with Crippen LogP contribution in [0.1, 0.15) is 47.9 Å². The van der Waals surface area contributed by atoms with Crippen molar-refractivity contribution < 1.29 is 4.79 Å². The van der Waals surface area contributed by atoms with Gasteiger partial charge in [0, 0.05) is 37.6 Å². The molecule has 166 valence electrons. The minimum absolute atomic E-state index is 0.133. The number of fused-ring (bicyclic) bond motifs is 1. The highest BCUT2D eigenvalue weighted by atomic mass is 16.2. The molecule has 7 nitrogen and oxygen atoms in total. The van der Waals surface area contributed by atoms with E-state index in [1.54, 1.807) is 4.52 Å². The molecule has 1 spiro atoms. The molecule has 1 amide bonds. The summed E-state index contributed by atoms with van der Waals surface area (Å²) in [6.07, 6.45) is 5.23. The summed E-state index contributed by atoms with van der Waals surface area (Å²) in [6, 6.07) is 13.2. The molecule has 2 aromatic heterocycles. The fourth-order valence-electron chi connectivity index (χ4n) is 5.76. The standard InChI is InChI=1S/C25H30N6O/c1-17-10-20(30-9-8-24(2,16-30)18-6-4-3-5-7-18)13-31-22(17)28-21(29-31)23(32)27-19-11-25(12-19)14-26-15-25/h3-7,10,13,19,26H,8-9,11-12,14-16H2,1-2H3,(H,27,32)/t24-/m0/s1. The molecule has 6 rings (SSSR count). The molecule has 2 aliphatic heterocycles. The van der Waals surface area contributed by atoms with Crippen molar-refractivity contribution in [3.05, 3.63) is 59.5 Å².